The molecular formula is C15H23N2O3+. The molecule has 0 aliphatic carbocycles. The van der Waals surface area contributed by atoms with Crippen molar-refractivity contribution in [3.8, 4) is 11.5 Å². The van der Waals surface area contributed by atoms with Crippen molar-refractivity contribution in [3.63, 3.8) is 0 Å². The normalized spacial score (nSPS) is 16.1. The second kappa shape index (κ2) is 6.61. The van der Waals surface area contributed by atoms with Crippen LogP contribution in [0.2, 0.25) is 0 Å². The summed E-state index contributed by atoms with van der Waals surface area (Å²) in [6.07, 6.45) is 0.416. The molecule has 1 heterocycles. The highest BCUT2D eigenvalue weighted by molar-refractivity contribution is 5.79. The van der Waals surface area contributed by atoms with Crippen LogP contribution in [0.5, 0.6) is 11.5 Å². The molecule has 1 aliphatic rings. The number of piperazine rings is 1. The molecule has 1 amide bonds. The number of ether oxygens (including phenoxy) is 2. The Labute approximate surface area is 120 Å². The van der Waals surface area contributed by atoms with Crippen LogP contribution in [0.25, 0.3) is 0 Å². The van der Waals surface area contributed by atoms with Gasteiger partial charge < -0.3 is 19.3 Å². The van der Waals surface area contributed by atoms with Gasteiger partial charge in [0.1, 0.15) is 0 Å². The third-order valence-corrected chi connectivity index (χ3v) is 3.77. The zero-order valence-corrected chi connectivity index (χ0v) is 12.4. The van der Waals surface area contributed by atoms with Crippen LogP contribution < -0.4 is 14.4 Å². The fraction of sp³-hybridized carbons (Fsp3) is 0.533. The highest BCUT2D eigenvalue weighted by Crippen LogP contribution is 2.27. The summed E-state index contributed by atoms with van der Waals surface area (Å²) < 4.78 is 10.5. The summed E-state index contributed by atoms with van der Waals surface area (Å²) >= 11 is 0. The van der Waals surface area contributed by atoms with E-state index in [9.17, 15) is 4.79 Å². The first-order valence-corrected chi connectivity index (χ1v) is 6.94. The van der Waals surface area contributed by atoms with Crippen molar-refractivity contribution in [3.05, 3.63) is 23.8 Å². The van der Waals surface area contributed by atoms with Crippen LogP contribution in [-0.4, -0.2) is 58.3 Å². The average molecular weight is 279 g/mol. The number of carbonyl (C=O) groups excluding carboxylic acids is 1. The summed E-state index contributed by atoms with van der Waals surface area (Å²) in [5, 5.41) is 0. The number of rotatable bonds is 4. The van der Waals surface area contributed by atoms with Gasteiger partial charge in [-0.3, -0.25) is 4.79 Å². The van der Waals surface area contributed by atoms with E-state index in [2.05, 4.69) is 7.05 Å². The summed E-state index contributed by atoms with van der Waals surface area (Å²) in [6.45, 7) is 3.74. The molecule has 0 saturated carbocycles. The molecule has 20 heavy (non-hydrogen) atoms. The SMILES string of the molecule is COc1ccc(CC(=O)N2CC[NH+](C)CC2)cc1OC. The van der Waals surface area contributed by atoms with E-state index in [1.165, 1.54) is 4.90 Å². The highest BCUT2D eigenvalue weighted by Gasteiger charge is 2.21. The Kier molecular flexibility index (Phi) is 4.84. The predicted octanol–water partition coefficient (Wildman–Crippen LogP) is -0.397. The standard InChI is InChI=1S/C15H22N2O3/c1-16-6-8-17(9-7-16)15(18)11-12-4-5-13(19-2)14(10-12)20-3/h4-5,10H,6-9,11H2,1-3H3/p+1. The van der Waals surface area contributed by atoms with E-state index < -0.39 is 0 Å². The zero-order valence-electron chi connectivity index (χ0n) is 12.4. The number of nitrogens with one attached hydrogen (secondary N) is 1. The van der Waals surface area contributed by atoms with E-state index in [4.69, 9.17) is 9.47 Å². The molecule has 1 saturated heterocycles. The van der Waals surface area contributed by atoms with Crippen LogP contribution in [0.3, 0.4) is 0 Å². The van der Waals surface area contributed by atoms with Gasteiger partial charge in [0.05, 0.1) is 53.9 Å². The Balaban J connectivity index is 2.00. The second-order valence-corrected chi connectivity index (χ2v) is 5.20. The monoisotopic (exact) mass is 279 g/mol. The van der Waals surface area contributed by atoms with E-state index >= 15 is 0 Å². The van der Waals surface area contributed by atoms with Crippen molar-refractivity contribution >= 4 is 5.91 Å². The smallest absolute Gasteiger partial charge is 0.227 e. The Morgan fingerprint density at radius 1 is 1.20 bits per heavy atom. The van der Waals surface area contributed by atoms with Crippen LogP contribution >= 0.6 is 0 Å². The lowest BCUT2D eigenvalue weighted by Crippen LogP contribution is -3.12. The number of nitrogens with zero attached hydrogens (tertiary/aromatic N) is 1. The molecule has 0 unspecified atom stereocenters. The lowest BCUT2D eigenvalue weighted by molar-refractivity contribution is -0.883. The van der Waals surface area contributed by atoms with Gasteiger partial charge >= 0.3 is 0 Å². The summed E-state index contributed by atoms with van der Waals surface area (Å²) in [5.41, 5.74) is 0.957. The van der Waals surface area contributed by atoms with Crippen molar-refractivity contribution in [1.82, 2.24) is 4.90 Å². The largest absolute Gasteiger partial charge is 0.493 e. The van der Waals surface area contributed by atoms with Crippen molar-refractivity contribution in [2.24, 2.45) is 0 Å². The van der Waals surface area contributed by atoms with Gasteiger partial charge in [0.15, 0.2) is 11.5 Å². The van der Waals surface area contributed by atoms with E-state index in [-0.39, 0.29) is 5.91 Å². The number of amides is 1. The molecule has 5 nitrogen and oxygen atoms in total. The molecule has 1 aliphatic heterocycles. The lowest BCUT2D eigenvalue weighted by Gasteiger charge is -2.30. The van der Waals surface area contributed by atoms with Gasteiger partial charge in [0.2, 0.25) is 5.91 Å². The van der Waals surface area contributed by atoms with Crippen molar-refractivity contribution in [2.75, 3.05) is 47.4 Å². The summed E-state index contributed by atoms with van der Waals surface area (Å²) in [4.78, 5) is 15.7. The van der Waals surface area contributed by atoms with Crippen molar-refractivity contribution < 1.29 is 19.2 Å². The van der Waals surface area contributed by atoms with Crippen molar-refractivity contribution in [2.45, 2.75) is 6.42 Å². The van der Waals surface area contributed by atoms with Crippen LogP contribution in [0.15, 0.2) is 18.2 Å². The van der Waals surface area contributed by atoms with Crippen LogP contribution in [0, 0.1) is 0 Å². The number of hydrogen-bond donors (Lipinski definition) is 1. The van der Waals surface area contributed by atoms with Gasteiger partial charge in [-0.1, -0.05) is 6.07 Å². The molecule has 0 aromatic heterocycles. The Morgan fingerprint density at radius 2 is 1.85 bits per heavy atom. The fourth-order valence-corrected chi connectivity index (χ4v) is 2.41. The molecule has 0 atom stereocenters. The molecule has 1 N–H and O–H groups in total. The Hall–Kier alpha value is -1.75. The predicted molar refractivity (Wildman–Crippen MR) is 76.5 cm³/mol. The van der Waals surface area contributed by atoms with Crippen LogP contribution in [-0.2, 0) is 11.2 Å². The van der Waals surface area contributed by atoms with Crippen LogP contribution in [0.1, 0.15) is 5.56 Å². The third-order valence-electron chi connectivity index (χ3n) is 3.77. The van der Waals surface area contributed by atoms with Gasteiger partial charge in [-0.15, -0.1) is 0 Å². The van der Waals surface area contributed by atoms with Gasteiger partial charge in [0.25, 0.3) is 0 Å². The second-order valence-electron chi connectivity index (χ2n) is 5.20. The maximum absolute atomic E-state index is 12.3. The van der Waals surface area contributed by atoms with E-state index in [1.54, 1.807) is 14.2 Å². The molecule has 0 bridgehead atoms. The average Bonchev–Trinajstić information content (AvgIpc) is 2.47. The van der Waals surface area contributed by atoms with Gasteiger partial charge in [-0.05, 0) is 17.7 Å². The Morgan fingerprint density at radius 3 is 2.45 bits per heavy atom. The van der Waals surface area contributed by atoms with Gasteiger partial charge in [0, 0.05) is 0 Å². The first-order valence-electron chi connectivity index (χ1n) is 6.94. The number of carbonyl (C=O) groups is 1. The van der Waals surface area contributed by atoms with Crippen molar-refractivity contribution in [1.29, 1.82) is 0 Å². The van der Waals surface area contributed by atoms with Gasteiger partial charge in [-0.25, -0.2) is 0 Å². The Bertz CT molecular complexity index is 468. The maximum Gasteiger partial charge on any atom is 0.227 e. The molecule has 5 heteroatoms. The first-order chi connectivity index (χ1) is 9.63. The minimum atomic E-state index is 0.185. The quantitative estimate of drug-likeness (QED) is 0.816. The summed E-state index contributed by atoms with van der Waals surface area (Å²) in [5.74, 6) is 1.54. The number of methoxy groups -OCH3 is 2. The van der Waals surface area contributed by atoms with Gasteiger partial charge in [-0.2, -0.15) is 0 Å². The molecule has 0 radical (unpaired) electrons. The van der Waals surface area contributed by atoms with E-state index in [1.807, 2.05) is 23.1 Å². The number of quaternary nitrogens is 1. The van der Waals surface area contributed by atoms with Crippen LogP contribution in [0.4, 0.5) is 0 Å². The number of likely N-dealkylation sites (N-methyl/N-ethyl adjacent to an activating group) is 1. The maximum atomic E-state index is 12.3. The zero-order chi connectivity index (χ0) is 14.5. The molecule has 2 rings (SSSR count). The summed E-state index contributed by atoms with van der Waals surface area (Å²) in [6, 6.07) is 5.63. The molecule has 1 aromatic carbocycles. The molecule has 1 aromatic rings. The molecule has 110 valence electrons. The van der Waals surface area contributed by atoms with E-state index in [0.717, 1.165) is 31.7 Å². The minimum absolute atomic E-state index is 0.185. The number of benzene rings is 1. The molecular weight excluding hydrogens is 256 g/mol. The molecule has 1 fully saturated rings. The topological polar surface area (TPSA) is 43.2 Å². The fourth-order valence-electron chi connectivity index (χ4n) is 2.41. The van der Waals surface area contributed by atoms with E-state index in [0.29, 0.717) is 17.9 Å². The lowest BCUT2D eigenvalue weighted by atomic mass is 10.1. The minimum Gasteiger partial charge on any atom is -0.493 e. The number of hydrogen-bond acceptors (Lipinski definition) is 3. The summed E-state index contributed by atoms with van der Waals surface area (Å²) in [7, 11) is 5.37. The third kappa shape index (κ3) is 3.42. The first kappa shape index (κ1) is 14.7. The highest BCUT2D eigenvalue weighted by atomic mass is 16.5. The molecule has 0 spiro atoms.